The highest BCUT2D eigenvalue weighted by atomic mass is 32.1. The monoisotopic (exact) mass is 439 g/mol. The van der Waals surface area contributed by atoms with Crippen LogP contribution in [0.25, 0.3) is 0 Å². The molecule has 1 unspecified atom stereocenters. The Balaban J connectivity index is 1.58. The molecule has 1 aromatic carbocycles. The predicted molar refractivity (Wildman–Crippen MR) is 119 cm³/mol. The largest absolute Gasteiger partial charge is 0.348 e. The molecule has 0 aliphatic carbocycles. The molecule has 2 aromatic heterocycles. The molecule has 0 saturated carbocycles. The zero-order valence-electron chi connectivity index (χ0n) is 17.5. The Morgan fingerprint density at radius 1 is 1.13 bits per heavy atom. The zero-order chi connectivity index (χ0) is 21.8. The van der Waals surface area contributed by atoms with Crippen LogP contribution < -0.4 is 0 Å². The van der Waals surface area contributed by atoms with Gasteiger partial charge >= 0.3 is 0 Å². The molecule has 0 N–H and O–H groups in total. The van der Waals surface area contributed by atoms with Crippen LogP contribution in [0.4, 0.5) is 4.39 Å². The number of nitrogens with zero attached hydrogens (tertiary/aromatic N) is 3. The van der Waals surface area contributed by atoms with E-state index >= 15 is 0 Å². The first kappa shape index (κ1) is 21.3. The number of benzene rings is 1. The summed E-state index contributed by atoms with van der Waals surface area (Å²) in [5.74, 6) is -0.548. The molecule has 3 heterocycles. The fraction of sp³-hybridized carbons (Fsp3) is 0.333. The van der Waals surface area contributed by atoms with Crippen LogP contribution in [0.15, 0.2) is 60.1 Å². The van der Waals surface area contributed by atoms with Gasteiger partial charge in [-0.1, -0.05) is 31.2 Å². The second-order valence-corrected chi connectivity index (χ2v) is 8.74. The Morgan fingerprint density at radius 2 is 1.97 bits per heavy atom. The number of aromatic nitrogens is 1. The van der Waals surface area contributed by atoms with Gasteiger partial charge in [-0.2, -0.15) is 0 Å². The normalized spacial score (nSPS) is 15.5. The van der Waals surface area contributed by atoms with Crippen molar-refractivity contribution in [2.45, 2.75) is 32.4 Å². The number of carbonyl (C=O) groups is 2. The van der Waals surface area contributed by atoms with Crippen molar-refractivity contribution in [3.63, 3.8) is 0 Å². The average molecular weight is 440 g/mol. The first-order chi connectivity index (χ1) is 15.1. The Kier molecular flexibility index (Phi) is 6.51. The van der Waals surface area contributed by atoms with E-state index in [9.17, 15) is 14.0 Å². The first-order valence-electron chi connectivity index (χ1n) is 10.6. The van der Waals surface area contributed by atoms with E-state index < -0.39 is 6.04 Å². The third-order valence-electron chi connectivity index (χ3n) is 5.64. The van der Waals surface area contributed by atoms with Crippen molar-refractivity contribution >= 4 is 23.2 Å². The molecule has 4 rings (SSSR count). The molecule has 7 heteroatoms. The van der Waals surface area contributed by atoms with Crippen molar-refractivity contribution in [3.05, 3.63) is 82.1 Å². The van der Waals surface area contributed by atoms with Crippen molar-refractivity contribution < 1.29 is 14.0 Å². The van der Waals surface area contributed by atoms with Gasteiger partial charge in [0, 0.05) is 42.0 Å². The fourth-order valence-corrected chi connectivity index (χ4v) is 4.86. The van der Waals surface area contributed by atoms with Crippen LogP contribution in [0.1, 0.15) is 35.5 Å². The van der Waals surface area contributed by atoms with E-state index in [1.165, 1.54) is 17.4 Å². The SMILES string of the molecule is CCCN(CC(=O)N1CCn2cccc2C1c1ccccc1F)C(=O)Cc1cccs1. The smallest absolute Gasteiger partial charge is 0.243 e. The molecule has 0 radical (unpaired) electrons. The summed E-state index contributed by atoms with van der Waals surface area (Å²) in [7, 11) is 0. The van der Waals surface area contributed by atoms with Crippen molar-refractivity contribution in [2.75, 3.05) is 19.6 Å². The molecule has 0 fully saturated rings. The zero-order valence-corrected chi connectivity index (χ0v) is 18.4. The van der Waals surface area contributed by atoms with E-state index in [1.807, 2.05) is 42.8 Å². The third kappa shape index (κ3) is 4.56. The third-order valence-corrected chi connectivity index (χ3v) is 6.51. The van der Waals surface area contributed by atoms with Gasteiger partial charge in [0.25, 0.3) is 0 Å². The predicted octanol–water partition coefficient (Wildman–Crippen LogP) is 4.10. The highest BCUT2D eigenvalue weighted by molar-refractivity contribution is 7.10. The standard InChI is InChI=1S/C24H26FN3O2S/c1-2-11-27(22(29)16-18-7-6-15-31-18)17-23(30)28-14-13-26-12-5-10-21(26)24(28)19-8-3-4-9-20(19)25/h3-10,12,15,24H,2,11,13-14,16-17H2,1H3. The lowest BCUT2D eigenvalue weighted by Gasteiger charge is -2.38. The van der Waals surface area contributed by atoms with Crippen LogP contribution in [0.2, 0.25) is 0 Å². The van der Waals surface area contributed by atoms with Gasteiger partial charge < -0.3 is 14.4 Å². The van der Waals surface area contributed by atoms with Crippen LogP contribution in [-0.4, -0.2) is 45.8 Å². The summed E-state index contributed by atoms with van der Waals surface area (Å²) in [4.78, 5) is 30.6. The molecule has 3 aromatic rings. The molecule has 31 heavy (non-hydrogen) atoms. The van der Waals surface area contributed by atoms with Crippen LogP contribution in [0.3, 0.4) is 0 Å². The summed E-state index contributed by atoms with van der Waals surface area (Å²) in [6.07, 6.45) is 3.02. The summed E-state index contributed by atoms with van der Waals surface area (Å²) in [5.41, 5.74) is 1.36. The molecule has 0 bridgehead atoms. The second-order valence-electron chi connectivity index (χ2n) is 7.71. The van der Waals surface area contributed by atoms with Crippen LogP contribution in [0, 0.1) is 5.82 Å². The van der Waals surface area contributed by atoms with E-state index in [0.717, 1.165) is 17.0 Å². The van der Waals surface area contributed by atoms with Gasteiger partial charge in [-0.05, 0) is 36.1 Å². The molecule has 2 amide bonds. The van der Waals surface area contributed by atoms with Gasteiger partial charge in [0.1, 0.15) is 11.9 Å². The average Bonchev–Trinajstić information content (AvgIpc) is 3.45. The van der Waals surface area contributed by atoms with Crippen LogP contribution >= 0.6 is 11.3 Å². The summed E-state index contributed by atoms with van der Waals surface area (Å²) in [5, 5.41) is 1.94. The number of rotatable bonds is 7. The summed E-state index contributed by atoms with van der Waals surface area (Å²) < 4.78 is 16.8. The minimum Gasteiger partial charge on any atom is -0.348 e. The number of hydrogen-bond donors (Lipinski definition) is 0. The molecule has 5 nitrogen and oxygen atoms in total. The minimum atomic E-state index is -0.506. The van der Waals surface area contributed by atoms with Crippen molar-refractivity contribution in [1.82, 2.24) is 14.4 Å². The molecule has 0 saturated heterocycles. The topological polar surface area (TPSA) is 45.6 Å². The highest BCUT2D eigenvalue weighted by Crippen LogP contribution is 2.34. The lowest BCUT2D eigenvalue weighted by Crippen LogP contribution is -2.48. The van der Waals surface area contributed by atoms with Gasteiger partial charge in [-0.25, -0.2) is 4.39 Å². The quantitative estimate of drug-likeness (QED) is 0.556. The Bertz CT molecular complexity index is 1050. The van der Waals surface area contributed by atoms with Crippen LogP contribution in [-0.2, 0) is 22.6 Å². The van der Waals surface area contributed by atoms with Gasteiger partial charge in [-0.3, -0.25) is 9.59 Å². The van der Waals surface area contributed by atoms with Crippen molar-refractivity contribution in [1.29, 1.82) is 0 Å². The fourth-order valence-electron chi connectivity index (χ4n) is 4.17. The number of fused-ring (bicyclic) bond motifs is 1. The summed E-state index contributed by atoms with van der Waals surface area (Å²) >= 11 is 1.54. The molecular weight excluding hydrogens is 413 g/mol. The number of thiophene rings is 1. The van der Waals surface area contributed by atoms with E-state index in [1.54, 1.807) is 28.0 Å². The lowest BCUT2D eigenvalue weighted by atomic mass is 9.99. The molecule has 1 atom stereocenters. The Morgan fingerprint density at radius 3 is 2.71 bits per heavy atom. The van der Waals surface area contributed by atoms with E-state index in [-0.39, 0.29) is 24.2 Å². The second kappa shape index (κ2) is 9.47. The summed E-state index contributed by atoms with van der Waals surface area (Å²) in [6, 6.07) is 13.8. The van der Waals surface area contributed by atoms with Crippen molar-refractivity contribution in [3.8, 4) is 0 Å². The van der Waals surface area contributed by atoms with Crippen LogP contribution in [0.5, 0.6) is 0 Å². The Hall–Kier alpha value is -2.93. The maximum absolute atomic E-state index is 14.7. The molecule has 162 valence electrons. The number of hydrogen-bond acceptors (Lipinski definition) is 3. The van der Waals surface area contributed by atoms with Gasteiger partial charge in [0.2, 0.25) is 11.8 Å². The van der Waals surface area contributed by atoms with Gasteiger partial charge in [-0.15, -0.1) is 11.3 Å². The van der Waals surface area contributed by atoms with E-state index in [2.05, 4.69) is 4.57 Å². The minimum absolute atomic E-state index is 0.00368. The molecular formula is C24H26FN3O2S. The first-order valence-corrected chi connectivity index (χ1v) is 11.5. The number of carbonyl (C=O) groups excluding carboxylic acids is 2. The molecule has 1 aliphatic rings. The highest BCUT2D eigenvalue weighted by Gasteiger charge is 2.34. The van der Waals surface area contributed by atoms with Gasteiger partial charge in [0.15, 0.2) is 0 Å². The maximum Gasteiger partial charge on any atom is 0.243 e. The molecule has 1 aliphatic heterocycles. The van der Waals surface area contributed by atoms with Gasteiger partial charge in [0.05, 0.1) is 13.0 Å². The van der Waals surface area contributed by atoms with E-state index in [0.29, 0.717) is 31.6 Å². The lowest BCUT2D eigenvalue weighted by molar-refractivity contribution is -0.141. The number of amides is 2. The Labute approximate surface area is 185 Å². The molecule has 0 spiro atoms. The number of halogens is 1. The maximum atomic E-state index is 14.7. The van der Waals surface area contributed by atoms with Crippen molar-refractivity contribution in [2.24, 2.45) is 0 Å². The summed E-state index contributed by atoms with van der Waals surface area (Å²) in [6.45, 7) is 3.63. The van der Waals surface area contributed by atoms with E-state index in [4.69, 9.17) is 0 Å².